The summed E-state index contributed by atoms with van der Waals surface area (Å²) in [6, 6.07) is 11.6. The fraction of sp³-hybridized carbons (Fsp3) is 0.135. The highest BCUT2D eigenvalue weighted by Gasteiger charge is 2.42. The highest BCUT2D eigenvalue weighted by molar-refractivity contribution is 6.24. The largest absolute Gasteiger partial charge is 0.423 e. The summed E-state index contributed by atoms with van der Waals surface area (Å²) in [5, 5.41) is 0. The maximum atomic E-state index is 13.1. The number of hydrogen-bond acceptors (Lipinski definition) is 12. The molecule has 0 saturated carbocycles. The van der Waals surface area contributed by atoms with Crippen molar-refractivity contribution >= 4 is 59.2 Å². The van der Waals surface area contributed by atoms with Crippen molar-refractivity contribution in [1.29, 1.82) is 0 Å². The molecule has 7 rings (SSSR count). The Hall–Kier alpha value is -7.36. The van der Waals surface area contributed by atoms with Crippen LogP contribution in [0, 0.1) is 6.92 Å². The predicted octanol–water partition coefficient (Wildman–Crippen LogP) is 2.17. The van der Waals surface area contributed by atoms with Crippen LogP contribution in [0.2, 0.25) is 0 Å². The van der Waals surface area contributed by atoms with Gasteiger partial charge in [-0.25, -0.2) is 9.59 Å². The lowest BCUT2D eigenvalue weighted by atomic mass is 10.1. The number of fused-ring (bicyclic) bond motifs is 2. The van der Waals surface area contributed by atoms with Gasteiger partial charge < -0.3 is 9.47 Å². The van der Waals surface area contributed by atoms with E-state index in [0.29, 0.717) is 5.56 Å². The lowest BCUT2D eigenvalue weighted by Crippen LogP contribution is -2.44. The molecule has 0 atom stereocenters. The van der Waals surface area contributed by atoms with E-state index in [1.807, 2.05) is 0 Å². The molecule has 0 fully saturated rings. The molecule has 0 N–H and O–H groups in total. The fourth-order valence-electron chi connectivity index (χ4n) is 6.04. The van der Waals surface area contributed by atoms with E-state index in [-0.39, 0.29) is 56.0 Å². The van der Waals surface area contributed by atoms with Crippen LogP contribution >= 0.6 is 0 Å². The quantitative estimate of drug-likeness (QED) is 0.187. The van der Waals surface area contributed by atoms with E-state index >= 15 is 0 Å². The predicted molar refractivity (Wildman–Crippen MR) is 176 cm³/mol. The summed E-state index contributed by atoms with van der Waals surface area (Å²) in [4.78, 5) is 130. The summed E-state index contributed by atoms with van der Waals surface area (Å²) >= 11 is 0. The van der Waals surface area contributed by atoms with Crippen molar-refractivity contribution < 1.29 is 57.4 Å². The van der Waals surface area contributed by atoms with Crippen LogP contribution in [0.4, 0.5) is 0 Å². The van der Waals surface area contributed by atoms with Crippen LogP contribution in [0.5, 0.6) is 11.5 Å². The average Bonchev–Trinajstić information content (AvgIpc) is 3.71. The second kappa shape index (κ2) is 12.4. The van der Waals surface area contributed by atoms with Crippen molar-refractivity contribution in [2.45, 2.75) is 20.8 Å². The number of imide groups is 4. The third-order valence-corrected chi connectivity index (χ3v) is 8.92. The first kappa shape index (κ1) is 34.1. The topological polar surface area (TPSA) is 202 Å². The van der Waals surface area contributed by atoms with E-state index in [0.717, 1.165) is 31.8 Å². The summed E-state index contributed by atoms with van der Waals surface area (Å²) < 4.78 is 11.0. The second-order valence-electron chi connectivity index (χ2n) is 12.4. The molecule has 0 bridgehead atoms. The Bertz CT molecular complexity index is 2410. The van der Waals surface area contributed by atoms with Crippen molar-refractivity contribution in [1.82, 2.24) is 19.6 Å². The van der Waals surface area contributed by atoms with Gasteiger partial charge in [0, 0.05) is 23.3 Å². The van der Waals surface area contributed by atoms with Crippen molar-refractivity contribution in [3.63, 3.8) is 0 Å². The van der Waals surface area contributed by atoms with Gasteiger partial charge in [0.15, 0.2) is 0 Å². The molecule has 53 heavy (non-hydrogen) atoms. The second-order valence-corrected chi connectivity index (χ2v) is 12.4. The van der Waals surface area contributed by atoms with Crippen LogP contribution in [0.25, 0.3) is 0 Å². The van der Waals surface area contributed by atoms with Crippen LogP contribution in [-0.2, 0) is 19.2 Å². The number of carbonyl (C=O) groups excluding carboxylic acids is 10. The lowest BCUT2D eigenvalue weighted by Gasteiger charge is -2.21. The Morgan fingerprint density at radius 2 is 0.925 bits per heavy atom. The summed E-state index contributed by atoms with van der Waals surface area (Å²) in [6.07, 6.45) is 2.21. The zero-order chi connectivity index (χ0) is 38.0. The minimum absolute atomic E-state index is 0.0166. The van der Waals surface area contributed by atoms with E-state index < -0.39 is 72.5 Å². The first-order valence-electron chi connectivity index (χ1n) is 15.8. The van der Waals surface area contributed by atoms with Gasteiger partial charge in [0.05, 0.1) is 33.4 Å². The molecule has 4 heterocycles. The molecular weight excluding hydrogens is 692 g/mol. The summed E-state index contributed by atoms with van der Waals surface area (Å²) in [7, 11) is 0. The maximum absolute atomic E-state index is 13.1. The molecule has 0 saturated heterocycles. The van der Waals surface area contributed by atoms with Gasteiger partial charge in [-0.1, -0.05) is 0 Å². The zero-order valence-electron chi connectivity index (χ0n) is 28.0. The van der Waals surface area contributed by atoms with Gasteiger partial charge in [-0.3, -0.25) is 58.0 Å². The summed E-state index contributed by atoms with van der Waals surface area (Å²) in [5.74, 6) is -7.27. The molecule has 8 amide bonds. The number of aryl methyl sites for hydroxylation is 1. The number of carbonyl (C=O) groups is 10. The third-order valence-electron chi connectivity index (χ3n) is 8.92. The van der Waals surface area contributed by atoms with Crippen LogP contribution in [0.15, 0.2) is 77.9 Å². The minimum atomic E-state index is -0.878. The normalized spacial score (nSPS) is 16.5. The molecule has 16 nitrogen and oxygen atoms in total. The SMILES string of the molecule is CC1=CC(=O)N(CN2C(=O)c3ccc(C(=O)Oc4ccc(OC(=O)c5ccc6c(c5)C(=O)N(CN5C(=O)C=C(C)C5=O)C6=O)c(C)c4)cc3C2=O)C1=O. The van der Waals surface area contributed by atoms with Gasteiger partial charge in [-0.05, 0) is 80.9 Å². The molecule has 264 valence electrons. The number of rotatable bonds is 8. The van der Waals surface area contributed by atoms with Crippen molar-refractivity contribution in [2.75, 3.05) is 13.3 Å². The van der Waals surface area contributed by atoms with Crippen molar-refractivity contribution in [3.8, 4) is 11.5 Å². The molecule has 3 aromatic carbocycles. The monoisotopic (exact) mass is 716 g/mol. The van der Waals surface area contributed by atoms with Gasteiger partial charge in [0.1, 0.15) is 24.8 Å². The molecule has 0 radical (unpaired) electrons. The Morgan fingerprint density at radius 1 is 0.491 bits per heavy atom. The van der Waals surface area contributed by atoms with E-state index in [1.165, 1.54) is 68.4 Å². The molecular formula is C37H24N4O12. The number of esters is 2. The van der Waals surface area contributed by atoms with Gasteiger partial charge in [-0.15, -0.1) is 0 Å². The van der Waals surface area contributed by atoms with Gasteiger partial charge in [0.25, 0.3) is 47.3 Å². The Morgan fingerprint density at radius 3 is 1.34 bits per heavy atom. The Balaban J connectivity index is 0.998. The summed E-state index contributed by atoms with van der Waals surface area (Å²) in [5.41, 5.74) is 0.317. The molecule has 0 aliphatic carbocycles. The third kappa shape index (κ3) is 5.67. The molecule has 0 spiro atoms. The van der Waals surface area contributed by atoms with Crippen LogP contribution < -0.4 is 9.47 Å². The van der Waals surface area contributed by atoms with Crippen LogP contribution in [0.1, 0.15) is 81.6 Å². The smallest absolute Gasteiger partial charge is 0.343 e. The Labute approximate surface area is 298 Å². The Kier molecular flexibility index (Phi) is 8.01. The average molecular weight is 717 g/mol. The van der Waals surface area contributed by atoms with E-state index in [2.05, 4.69) is 0 Å². The number of benzene rings is 3. The molecule has 16 heteroatoms. The lowest BCUT2D eigenvalue weighted by molar-refractivity contribution is -0.140. The number of nitrogens with zero attached hydrogens (tertiary/aromatic N) is 4. The van der Waals surface area contributed by atoms with Gasteiger partial charge in [-0.2, -0.15) is 0 Å². The molecule has 0 aromatic heterocycles. The molecule has 3 aromatic rings. The van der Waals surface area contributed by atoms with Gasteiger partial charge >= 0.3 is 11.9 Å². The zero-order valence-corrected chi connectivity index (χ0v) is 28.0. The number of amides is 8. The number of hydrogen-bond donors (Lipinski definition) is 0. The molecule has 4 aliphatic rings. The summed E-state index contributed by atoms with van der Waals surface area (Å²) in [6.45, 7) is 3.28. The first-order valence-corrected chi connectivity index (χ1v) is 15.8. The highest BCUT2D eigenvalue weighted by atomic mass is 16.5. The highest BCUT2D eigenvalue weighted by Crippen LogP contribution is 2.30. The van der Waals surface area contributed by atoms with Crippen molar-refractivity contribution in [2.24, 2.45) is 0 Å². The minimum Gasteiger partial charge on any atom is -0.423 e. The van der Waals surface area contributed by atoms with Crippen molar-refractivity contribution in [3.05, 3.63) is 117 Å². The van der Waals surface area contributed by atoms with E-state index in [1.54, 1.807) is 6.92 Å². The molecule has 4 aliphatic heterocycles. The first-order chi connectivity index (χ1) is 25.1. The molecule has 0 unspecified atom stereocenters. The van der Waals surface area contributed by atoms with Crippen LogP contribution in [0.3, 0.4) is 0 Å². The number of ether oxygens (including phenoxy) is 2. The fourth-order valence-corrected chi connectivity index (χ4v) is 6.04. The maximum Gasteiger partial charge on any atom is 0.343 e. The van der Waals surface area contributed by atoms with E-state index in [4.69, 9.17) is 9.47 Å². The van der Waals surface area contributed by atoms with E-state index in [9.17, 15) is 47.9 Å². The van der Waals surface area contributed by atoms with Gasteiger partial charge in [0.2, 0.25) is 0 Å². The standard InChI is InChI=1S/C37H24N4O12/c1-17-10-22(52-36(50)20-4-7-23-25(13-20)34(48)40(32(23)46)15-38-28(42)11-18(2)30(38)44)6-9-27(17)53-37(51)21-5-8-24-26(14-21)35(49)41(33(24)47)16-39-29(43)12-19(3)31(39)45/h4-14H,15-16H2,1-3H3. The van der Waals surface area contributed by atoms with Crippen LogP contribution in [-0.4, -0.2) is 92.1 Å².